The molecule has 0 unspecified atom stereocenters. The number of piperidine rings is 1. The van der Waals surface area contributed by atoms with Crippen molar-refractivity contribution in [1.82, 2.24) is 14.8 Å². The Morgan fingerprint density at radius 1 is 1.45 bits per heavy atom. The van der Waals surface area contributed by atoms with Crippen LogP contribution in [0.2, 0.25) is 0 Å². The van der Waals surface area contributed by atoms with Gasteiger partial charge in [-0.25, -0.2) is 0 Å². The number of thiocarbonyl (C=S) groups is 1. The summed E-state index contributed by atoms with van der Waals surface area (Å²) >= 11 is 5.49. The van der Waals surface area contributed by atoms with Gasteiger partial charge in [0.15, 0.2) is 5.11 Å². The van der Waals surface area contributed by atoms with Crippen LogP contribution in [-0.2, 0) is 11.3 Å². The summed E-state index contributed by atoms with van der Waals surface area (Å²) in [6.45, 7) is 7.32. The smallest absolute Gasteiger partial charge is 0.250 e. The average Bonchev–Trinajstić information content (AvgIpc) is 2.52. The first-order chi connectivity index (χ1) is 10.7. The number of rotatable bonds is 4. The molecule has 118 valence electrons. The summed E-state index contributed by atoms with van der Waals surface area (Å²) in [6.07, 6.45) is 2.58. The van der Waals surface area contributed by atoms with Gasteiger partial charge in [-0.3, -0.25) is 4.79 Å². The lowest BCUT2D eigenvalue weighted by Crippen LogP contribution is -2.52. The van der Waals surface area contributed by atoms with Crippen molar-refractivity contribution in [3.05, 3.63) is 47.1 Å². The van der Waals surface area contributed by atoms with Crippen molar-refractivity contribution in [1.29, 1.82) is 0 Å². The normalized spacial score (nSPS) is 22.6. The molecule has 1 N–H and O–H groups in total. The molecule has 2 atom stereocenters. The van der Waals surface area contributed by atoms with Crippen molar-refractivity contribution in [2.24, 2.45) is 5.92 Å². The standard InChI is InChI=1S/C16H21N3O2S/c1-2-21-7-6-17-16(22)18-9-12-8-13(11-18)14-4-3-5-15(20)19(14)10-12/h2-5,12-13H,1,6-11H2,(H,17,22)/t12-,13-/m1/s1. The number of nitrogens with zero attached hydrogens (tertiary/aromatic N) is 2. The highest BCUT2D eigenvalue weighted by Crippen LogP contribution is 2.34. The van der Waals surface area contributed by atoms with E-state index in [4.69, 9.17) is 17.0 Å². The molecule has 22 heavy (non-hydrogen) atoms. The van der Waals surface area contributed by atoms with Crippen LogP contribution in [0.25, 0.3) is 0 Å². The van der Waals surface area contributed by atoms with Crippen molar-refractivity contribution in [2.75, 3.05) is 26.2 Å². The largest absolute Gasteiger partial charge is 0.500 e. The number of likely N-dealkylation sites (tertiary alicyclic amines) is 1. The van der Waals surface area contributed by atoms with Gasteiger partial charge in [0.05, 0.1) is 12.8 Å². The van der Waals surface area contributed by atoms with Crippen LogP contribution in [0.15, 0.2) is 35.8 Å². The Kier molecular flexibility index (Phi) is 4.47. The second-order valence-electron chi connectivity index (χ2n) is 5.87. The Morgan fingerprint density at radius 2 is 2.32 bits per heavy atom. The number of hydrogen-bond donors (Lipinski definition) is 1. The maximum absolute atomic E-state index is 12.0. The first-order valence-electron chi connectivity index (χ1n) is 7.64. The summed E-state index contributed by atoms with van der Waals surface area (Å²) in [6, 6.07) is 5.57. The Hall–Kier alpha value is -1.82. The molecule has 0 spiro atoms. The summed E-state index contributed by atoms with van der Waals surface area (Å²) in [5.74, 6) is 0.862. The number of aromatic nitrogens is 1. The lowest BCUT2D eigenvalue weighted by molar-refractivity contribution is 0.176. The van der Waals surface area contributed by atoms with Crippen LogP contribution in [0.3, 0.4) is 0 Å². The summed E-state index contributed by atoms with van der Waals surface area (Å²) in [7, 11) is 0. The molecule has 0 saturated carbocycles. The maximum Gasteiger partial charge on any atom is 0.250 e. The van der Waals surface area contributed by atoms with Crippen molar-refractivity contribution in [2.45, 2.75) is 18.9 Å². The fourth-order valence-electron chi connectivity index (χ4n) is 3.47. The molecule has 3 heterocycles. The van der Waals surface area contributed by atoms with Crippen molar-refractivity contribution >= 4 is 17.3 Å². The average molecular weight is 319 g/mol. The minimum absolute atomic E-state index is 0.114. The van der Waals surface area contributed by atoms with Gasteiger partial charge in [0.25, 0.3) is 5.56 Å². The van der Waals surface area contributed by atoms with Crippen molar-refractivity contribution in [3.8, 4) is 0 Å². The molecule has 1 fully saturated rings. The first-order valence-corrected chi connectivity index (χ1v) is 8.05. The molecule has 2 aliphatic rings. The molecule has 3 rings (SSSR count). The third-order valence-electron chi connectivity index (χ3n) is 4.38. The molecule has 0 aliphatic carbocycles. The van der Waals surface area contributed by atoms with Crippen LogP contribution >= 0.6 is 12.2 Å². The van der Waals surface area contributed by atoms with Gasteiger partial charge in [0, 0.05) is 37.3 Å². The van der Waals surface area contributed by atoms with Crippen LogP contribution in [0.4, 0.5) is 0 Å². The Balaban J connectivity index is 1.67. The van der Waals surface area contributed by atoms with Gasteiger partial charge in [0.1, 0.15) is 6.61 Å². The van der Waals surface area contributed by atoms with E-state index in [1.54, 1.807) is 6.07 Å². The van der Waals surface area contributed by atoms with Crippen LogP contribution in [0, 0.1) is 5.92 Å². The molecular formula is C16H21N3O2S. The van der Waals surface area contributed by atoms with E-state index in [1.165, 1.54) is 6.26 Å². The molecular weight excluding hydrogens is 298 g/mol. The van der Waals surface area contributed by atoms with Gasteiger partial charge in [-0.1, -0.05) is 12.6 Å². The SMILES string of the molecule is C=COCCNC(=S)N1C[C@H]2C[C@H](C1)c1cccc(=O)n1C2. The molecule has 6 heteroatoms. The fraction of sp³-hybridized carbons (Fsp3) is 0.500. The van der Waals surface area contributed by atoms with Crippen molar-refractivity contribution in [3.63, 3.8) is 0 Å². The number of ether oxygens (including phenoxy) is 1. The molecule has 2 aliphatic heterocycles. The number of hydrogen-bond acceptors (Lipinski definition) is 3. The zero-order valence-corrected chi connectivity index (χ0v) is 13.3. The molecule has 1 aromatic heterocycles. The predicted octanol–water partition coefficient (Wildman–Crippen LogP) is 1.30. The number of nitrogens with one attached hydrogen (secondary N) is 1. The third-order valence-corrected chi connectivity index (χ3v) is 4.78. The quantitative estimate of drug-likeness (QED) is 0.515. The van der Waals surface area contributed by atoms with Crippen LogP contribution in [-0.4, -0.2) is 40.8 Å². The number of fused-ring (bicyclic) bond motifs is 4. The predicted molar refractivity (Wildman–Crippen MR) is 89.9 cm³/mol. The highest BCUT2D eigenvalue weighted by molar-refractivity contribution is 7.80. The Morgan fingerprint density at radius 3 is 3.14 bits per heavy atom. The third kappa shape index (κ3) is 3.02. The maximum atomic E-state index is 12.0. The van der Waals surface area contributed by atoms with E-state index >= 15 is 0 Å². The second-order valence-corrected chi connectivity index (χ2v) is 6.26. The zero-order valence-electron chi connectivity index (χ0n) is 12.5. The van der Waals surface area contributed by atoms with Gasteiger partial charge in [-0.15, -0.1) is 0 Å². The molecule has 1 aromatic rings. The van der Waals surface area contributed by atoms with E-state index in [1.807, 2.05) is 10.6 Å². The summed E-state index contributed by atoms with van der Waals surface area (Å²) in [5, 5.41) is 4.00. The highest BCUT2D eigenvalue weighted by atomic mass is 32.1. The van der Waals surface area contributed by atoms with Gasteiger partial charge in [-0.2, -0.15) is 0 Å². The van der Waals surface area contributed by atoms with Gasteiger partial charge in [-0.05, 0) is 30.6 Å². The lowest BCUT2D eigenvalue weighted by atomic mass is 9.83. The van der Waals surface area contributed by atoms with Gasteiger partial charge in [0.2, 0.25) is 0 Å². The van der Waals surface area contributed by atoms with Gasteiger partial charge < -0.3 is 19.5 Å². The lowest BCUT2D eigenvalue weighted by Gasteiger charge is -2.43. The van der Waals surface area contributed by atoms with E-state index in [2.05, 4.69) is 22.9 Å². The minimum atomic E-state index is 0.114. The molecule has 0 amide bonds. The van der Waals surface area contributed by atoms with Crippen LogP contribution in [0.5, 0.6) is 0 Å². The van der Waals surface area contributed by atoms with Crippen LogP contribution in [0.1, 0.15) is 18.0 Å². The topological polar surface area (TPSA) is 46.5 Å². The molecule has 0 radical (unpaired) electrons. The monoisotopic (exact) mass is 319 g/mol. The molecule has 1 saturated heterocycles. The minimum Gasteiger partial charge on any atom is -0.500 e. The molecule has 5 nitrogen and oxygen atoms in total. The summed E-state index contributed by atoms with van der Waals surface area (Å²) in [5.41, 5.74) is 1.26. The van der Waals surface area contributed by atoms with Crippen molar-refractivity contribution < 1.29 is 4.74 Å². The van der Waals surface area contributed by atoms with E-state index in [-0.39, 0.29) is 5.56 Å². The molecule has 2 bridgehead atoms. The second kappa shape index (κ2) is 6.52. The van der Waals surface area contributed by atoms with E-state index in [0.717, 1.165) is 36.9 Å². The number of pyridine rings is 1. The highest BCUT2D eigenvalue weighted by Gasteiger charge is 2.35. The summed E-state index contributed by atoms with van der Waals surface area (Å²) < 4.78 is 7.03. The first kappa shape index (κ1) is 15.1. The zero-order chi connectivity index (χ0) is 15.5. The molecule has 0 aromatic carbocycles. The van der Waals surface area contributed by atoms with Crippen LogP contribution < -0.4 is 10.9 Å². The Bertz CT molecular complexity index is 628. The van der Waals surface area contributed by atoms with E-state index in [9.17, 15) is 4.79 Å². The van der Waals surface area contributed by atoms with E-state index in [0.29, 0.717) is 25.0 Å². The summed E-state index contributed by atoms with van der Waals surface area (Å²) in [4.78, 5) is 14.2. The Labute approximate surface area is 135 Å². The van der Waals surface area contributed by atoms with Gasteiger partial charge >= 0.3 is 0 Å². The fourth-order valence-corrected chi connectivity index (χ4v) is 3.73. The van der Waals surface area contributed by atoms with E-state index < -0.39 is 0 Å².